The number of morpholine rings is 1. The second kappa shape index (κ2) is 9.63. The Morgan fingerprint density at radius 2 is 1.83 bits per heavy atom. The van der Waals surface area contributed by atoms with Crippen LogP contribution in [0, 0.1) is 0 Å². The van der Waals surface area contributed by atoms with Crippen molar-refractivity contribution in [2.45, 2.75) is 13.0 Å². The number of thiocarbonyl (C=S) groups is 1. The van der Waals surface area contributed by atoms with Crippen molar-refractivity contribution in [2.24, 2.45) is 0 Å². The first-order chi connectivity index (χ1) is 14.2. The Hall–Kier alpha value is -2.36. The molecule has 1 atom stereocenters. The quantitative estimate of drug-likeness (QED) is 0.658. The van der Waals surface area contributed by atoms with E-state index in [1.807, 2.05) is 13.0 Å². The SMILES string of the molecule is C[C@@H](NC(=S)Nc1cccc(N(C)S(C)(=O)=O)c1)c1ccc(N2CCOCC2)cc1. The van der Waals surface area contributed by atoms with Gasteiger partial charge >= 0.3 is 0 Å². The minimum atomic E-state index is -3.32. The lowest BCUT2D eigenvalue weighted by Crippen LogP contribution is -2.36. The highest BCUT2D eigenvalue weighted by molar-refractivity contribution is 7.92. The van der Waals surface area contributed by atoms with Gasteiger partial charge < -0.3 is 20.3 Å². The van der Waals surface area contributed by atoms with Crippen LogP contribution in [0.3, 0.4) is 0 Å². The lowest BCUT2D eigenvalue weighted by molar-refractivity contribution is 0.122. The molecule has 2 aromatic carbocycles. The number of sulfonamides is 1. The maximum atomic E-state index is 11.8. The number of anilines is 3. The van der Waals surface area contributed by atoms with Gasteiger partial charge in [-0.05, 0) is 55.0 Å². The molecule has 2 N–H and O–H groups in total. The molecule has 1 heterocycles. The van der Waals surface area contributed by atoms with Crippen molar-refractivity contribution >= 4 is 44.4 Å². The molecule has 0 amide bonds. The summed E-state index contributed by atoms with van der Waals surface area (Å²) in [7, 11) is -1.80. The fourth-order valence-electron chi connectivity index (χ4n) is 3.21. The zero-order valence-electron chi connectivity index (χ0n) is 17.5. The standard InChI is InChI=1S/C21H28N4O3S2/c1-16(17-7-9-19(10-8-17)25-11-13-28-14-12-25)22-21(29)23-18-5-4-6-20(15-18)24(2)30(3,26)27/h4-10,15-16H,11-14H2,1-3H3,(H2,22,23,29)/t16-/m1/s1. The summed E-state index contributed by atoms with van der Waals surface area (Å²) in [5.74, 6) is 0. The summed E-state index contributed by atoms with van der Waals surface area (Å²) in [6.07, 6.45) is 1.17. The molecular weight excluding hydrogens is 420 g/mol. The summed E-state index contributed by atoms with van der Waals surface area (Å²) < 4.78 is 30.1. The lowest BCUT2D eigenvalue weighted by Gasteiger charge is -2.29. The van der Waals surface area contributed by atoms with Crippen LogP contribution in [0.15, 0.2) is 48.5 Å². The van der Waals surface area contributed by atoms with E-state index in [1.54, 1.807) is 18.2 Å². The molecule has 0 radical (unpaired) electrons. The molecule has 0 bridgehead atoms. The summed E-state index contributed by atoms with van der Waals surface area (Å²) in [5, 5.41) is 6.88. The third-order valence-corrected chi connectivity index (χ3v) is 6.51. The van der Waals surface area contributed by atoms with Crippen molar-refractivity contribution in [1.82, 2.24) is 5.32 Å². The van der Waals surface area contributed by atoms with Crippen LogP contribution in [0.1, 0.15) is 18.5 Å². The monoisotopic (exact) mass is 448 g/mol. The molecule has 3 rings (SSSR count). The van der Waals surface area contributed by atoms with Crippen molar-refractivity contribution < 1.29 is 13.2 Å². The van der Waals surface area contributed by atoms with Crippen LogP contribution >= 0.6 is 12.2 Å². The van der Waals surface area contributed by atoms with E-state index < -0.39 is 10.0 Å². The average Bonchev–Trinajstić information content (AvgIpc) is 2.73. The number of ether oxygens (including phenoxy) is 1. The molecule has 1 fully saturated rings. The predicted molar refractivity (Wildman–Crippen MR) is 127 cm³/mol. The van der Waals surface area contributed by atoms with Gasteiger partial charge in [0, 0.05) is 31.5 Å². The van der Waals surface area contributed by atoms with Gasteiger partial charge in [-0.2, -0.15) is 0 Å². The Morgan fingerprint density at radius 3 is 2.47 bits per heavy atom. The smallest absolute Gasteiger partial charge is 0.231 e. The molecule has 1 aliphatic heterocycles. The van der Waals surface area contributed by atoms with Gasteiger partial charge in [0.05, 0.1) is 31.2 Å². The fourth-order valence-corrected chi connectivity index (χ4v) is 4.00. The van der Waals surface area contributed by atoms with E-state index in [0.29, 0.717) is 10.8 Å². The summed E-state index contributed by atoms with van der Waals surface area (Å²) in [6, 6.07) is 15.6. The molecule has 7 nitrogen and oxygen atoms in total. The second-order valence-corrected chi connectivity index (χ2v) is 9.71. The zero-order valence-corrected chi connectivity index (χ0v) is 19.1. The van der Waals surface area contributed by atoms with Crippen LogP contribution in [-0.2, 0) is 14.8 Å². The molecule has 2 aromatic rings. The minimum Gasteiger partial charge on any atom is -0.378 e. The van der Waals surface area contributed by atoms with E-state index in [9.17, 15) is 8.42 Å². The van der Waals surface area contributed by atoms with Crippen molar-refractivity contribution in [1.29, 1.82) is 0 Å². The highest BCUT2D eigenvalue weighted by Crippen LogP contribution is 2.22. The van der Waals surface area contributed by atoms with E-state index in [2.05, 4.69) is 39.8 Å². The maximum absolute atomic E-state index is 11.8. The van der Waals surface area contributed by atoms with Crippen molar-refractivity contribution in [3.8, 4) is 0 Å². The summed E-state index contributed by atoms with van der Waals surface area (Å²) >= 11 is 5.45. The van der Waals surface area contributed by atoms with E-state index in [1.165, 1.54) is 23.3 Å². The van der Waals surface area contributed by atoms with Gasteiger partial charge in [0.25, 0.3) is 0 Å². The topological polar surface area (TPSA) is 73.9 Å². The van der Waals surface area contributed by atoms with Crippen molar-refractivity contribution in [3.63, 3.8) is 0 Å². The number of rotatable bonds is 6. The van der Waals surface area contributed by atoms with Crippen LogP contribution in [0.4, 0.5) is 17.1 Å². The molecule has 0 aromatic heterocycles. The summed E-state index contributed by atoms with van der Waals surface area (Å²) in [4.78, 5) is 2.32. The number of hydrogen-bond donors (Lipinski definition) is 2. The van der Waals surface area contributed by atoms with Gasteiger partial charge in [0.2, 0.25) is 10.0 Å². The molecule has 162 valence electrons. The second-order valence-electron chi connectivity index (χ2n) is 7.29. The predicted octanol–water partition coefficient (Wildman–Crippen LogP) is 2.97. The Kier molecular flexibility index (Phi) is 7.17. The molecule has 0 unspecified atom stereocenters. The number of nitrogens with zero attached hydrogens (tertiary/aromatic N) is 2. The van der Waals surface area contributed by atoms with Crippen LogP contribution in [0.2, 0.25) is 0 Å². The van der Waals surface area contributed by atoms with E-state index >= 15 is 0 Å². The first-order valence-electron chi connectivity index (χ1n) is 9.78. The van der Waals surface area contributed by atoms with Crippen LogP contribution < -0.4 is 19.8 Å². The average molecular weight is 449 g/mol. The van der Waals surface area contributed by atoms with Gasteiger partial charge in [-0.15, -0.1) is 0 Å². The number of hydrogen-bond acceptors (Lipinski definition) is 5. The third kappa shape index (κ3) is 5.84. The highest BCUT2D eigenvalue weighted by atomic mass is 32.2. The van der Waals surface area contributed by atoms with E-state index in [-0.39, 0.29) is 6.04 Å². The number of nitrogens with one attached hydrogen (secondary N) is 2. The molecule has 0 aliphatic carbocycles. The van der Waals surface area contributed by atoms with E-state index in [4.69, 9.17) is 17.0 Å². The van der Waals surface area contributed by atoms with Gasteiger partial charge in [-0.3, -0.25) is 4.31 Å². The Balaban J connectivity index is 1.59. The first-order valence-corrected chi connectivity index (χ1v) is 12.0. The molecule has 9 heteroatoms. The van der Waals surface area contributed by atoms with Crippen LogP contribution in [-0.4, -0.2) is 53.1 Å². The Labute approximate surface area is 184 Å². The van der Waals surface area contributed by atoms with Gasteiger partial charge in [-0.1, -0.05) is 18.2 Å². The first kappa shape index (κ1) is 22.3. The van der Waals surface area contributed by atoms with Gasteiger partial charge in [0.15, 0.2) is 5.11 Å². The van der Waals surface area contributed by atoms with Gasteiger partial charge in [0.1, 0.15) is 0 Å². The van der Waals surface area contributed by atoms with Crippen molar-refractivity contribution in [2.75, 3.05) is 54.1 Å². The van der Waals surface area contributed by atoms with Crippen LogP contribution in [0.25, 0.3) is 0 Å². The Bertz CT molecular complexity index is 974. The minimum absolute atomic E-state index is 0.0191. The number of benzene rings is 2. The van der Waals surface area contributed by atoms with Gasteiger partial charge in [-0.25, -0.2) is 8.42 Å². The summed E-state index contributed by atoms with van der Waals surface area (Å²) in [5.41, 5.74) is 3.61. The third-order valence-electron chi connectivity index (χ3n) is 5.08. The molecule has 1 aliphatic rings. The fraction of sp³-hybridized carbons (Fsp3) is 0.381. The molecule has 30 heavy (non-hydrogen) atoms. The highest BCUT2D eigenvalue weighted by Gasteiger charge is 2.14. The molecule has 0 spiro atoms. The van der Waals surface area contributed by atoms with Crippen LogP contribution in [0.5, 0.6) is 0 Å². The summed E-state index contributed by atoms with van der Waals surface area (Å²) in [6.45, 7) is 5.40. The maximum Gasteiger partial charge on any atom is 0.231 e. The lowest BCUT2D eigenvalue weighted by atomic mass is 10.1. The van der Waals surface area contributed by atoms with E-state index in [0.717, 1.165) is 37.6 Å². The zero-order chi connectivity index (χ0) is 21.7. The van der Waals surface area contributed by atoms with Crippen molar-refractivity contribution in [3.05, 3.63) is 54.1 Å². The Morgan fingerprint density at radius 1 is 1.17 bits per heavy atom. The normalized spacial score (nSPS) is 15.4. The molecular formula is C21H28N4O3S2. The molecule has 0 saturated carbocycles. The largest absolute Gasteiger partial charge is 0.378 e. The molecule has 1 saturated heterocycles.